The minimum atomic E-state index is 0.0986. The Morgan fingerprint density at radius 1 is 1.35 bits per heavy atom. The molecule has 2 atom stereocenters. The maximum absolute atomic E-state index is 5.83. The monoisotopic (exact) mass is 320 g/mol. The highest BCUT2D eigenvalue weighted by atomic mass is 33.1. The second-order valence-corrected chi connectivity index (χ2v) is 8.82. The van der Waals surface area contributed by atoms with Crippen LogP contribution in [0.25, 0.3) is 0 Å². The molecule has 1 heterocycles. The summed E-state index contributed by atoms with van der Waals surface area (Å²) in [6.07, 6.45) is 3.52. The Balaban J connectivity index is 2.12. The van der Waals surface area contributed by atoms with Crippen molar-refractivity contribution in [1.82, 2.24) is 0 Å². The van der Waals surface area contributed by atoms with Crippen molar-refractivity contribution < 1.29 is 14.2 Å². The summed E-state index contributed by atoms with van der Waals surface area (Å²) >= 11 is 0. The highest BCUT2D eigenvalue weighted by molar-refractivity contribution is 8.77. The number of methoxy groups -OCH3 is 1. The molecule has 0 bridgehead atoms. The lowest BCUT2D eigenvalue weighted by Gasteiger charge is -2.24. The lowest BCUT2D eigenvalue weighted by molar-refractivity contribution is -0.0224. The molecule has 1 aliphatic heterocycles. The van der Waals surface area contributed by atoms with Gasteiger partial charge in [0.25, 0.3) is 0 Å². The predicted octanol–water partition coefficient (Wildman–Crippen LogP) is 3.93. The van der Waals surface area contributed by atoms with Gasteiger partial charge in [0, 0.05) is 17.6 Å². The van der Waals surface area contributed by atoms with Crippen LogP contribution in [0.1, 0.15) is 34.1 Å². The molecule has 0 aromatic carbocycles. The van der Waals surface area contributed by atoms with Crippen LogP contribution in [0.2, 0.25) is 0 Å². The molecule has 0 N–H and O–H groups in total. The van der Waals surface area contributed by atoms with E-state index in [0.29, 0.717) is 13.2 Å². The zero-order chi connectivity index (χ0) is 15.0. The molecule has 2 unspecified atom stereocenters. The number of hydrogen-bond donors (Lipinski definition) is 0. The maximum atomic E-state index is 5.83. The van der Waals surface area contributed by atoms with Crippen LogP contribution in [-0.4, -0.2) is 49.6 Å². The van der Waals surface area contributed by atoms with E-state index in [4.69, 9.17) is 14.2 Å². The van der Waals surface area contributed by atoms with Crippen molar-refractivity contribution in [3.63, 3.8) is 0 Å². The third-order valence-corrected chi connectivity index (χ3v) is 6.52. The summed E-state index contributed by atoms with van der Waals surface area (Å²) < 4.78 is 16.8. The van der Waals surface area contributed by atoms with E-state index in [1.807, 2.05) is 21.6 Å². The van der Waals surface area contributed by atoms with Gasteiger partial charge in [0.05, 0.1) is 19.8 Å². The van der Waals surface area contributed by atoms with E-state index in [1.165, 1.54) is 5.57 Å². The van der Waals surface area contributed by atoms with Crippen LogP contribution in [0.15, 0.2) is 11.6 Å². The molecule has 3 nitrogen and oxygen atoms in total. The molecular formula is C15H28O3S2. The van der Waals surface area contributed by atoms with Gasteiger partial charge in [-0.15, -0.1) is 0 Å². The third kappa shape index (κ3) is 6.85. The van der Waals surface area contributed by atoms with Crippen molar-refractivity contribution in [1.29, 1.82) is 0 Å². The van der Waals surface area contributed by atoms with Crippen LogP contribution in [0.3, 0.4) is 0 Å². The first kappa shape index (κ1) is 18.4. The predicted molar refractivity (Wildman–Crippen MR) is 89.5 cm³/mol. The Bertz CT molecular complexity index is 305. The topological polar surface area (TPSA) is 27.7 Å². The normalized spacial score (nSPS) is 24.4. The maximum Gasteiger partial charge on any atom is 0.109 e. The number of rotatable bonds is 9. The smallest absolute Gasteiger partial charge is 0.109 e. The molecule has 0 radical (unpaired) electrons. The SMILES string of the molecule is C/C=C(\C)CC(C)(C)SSCCOC1COCC1OC. The zero-order valence-electron chi connectivity index (χ0n) is 13.3. The summed E-state index contributed by atoms with van der Waals surface area (Å²) in [5.74, 6) is 0.996. The molecule has 1 rings (SSSR count). The number of hydrogen-bond acceptors (Lipinski definition) is 5. The van der Waals surface area contributed by atoms with Crippen LogP contribution >= 0.6 is 21.6 Å². The molecule has 0 saturated carbocycles. The van der Waals surface area contributed by atoms with Crippen LogP contribution in [0.5, 0.6) is 0 Å². The van der Waals surface area contributed by atoms with Gasteiger partial charge in [-0.05, 0) is 34.1 Å². The minimum Gasteiger partial charge on any atom is -0.376 e. The molecule has 0 aromatic rings. The van der Waals surface area contributed by atoms with E-state index in [9.17, 15) is 0 Å². The molecular weight excluding hydrogens is 292 g/mol. The Morgan fingerprint density at radius 2 is 2.05 bits per heavy atom. The summed E-state index contributed by atoms with van der Waals surface area (Å²) in [4.78, 5) is 0. The molecule has 0 spiro atoms. The minimum absolute atomic E-state index is 0.0986. The van der Waals surface area contributed by atoms with Crippen LogP contribution in [0, 0.1) is 0 Å². The second kappa shape index (κ2) is 9.36. The summed E-state index contributed by atoms with van der Waals surface area (Å²) in [6, 6.07) is 0. The van der Waals surface area contributed by atoms with Gasteiger partial charge >= 0.3 is 0 Å². The van der Waals surface area contributed by atoms with E-state index in [1.54, 1.807) is 7.11 Å². The molecule has 1 aliphatic rings. The first-order valence-electron chi connectivity index (χ1n) is 7.13. The summed E-state index contributed by atoms with van der Waals surface area (Å²) in [6.45, 7) is 11.0. The fraction of sp³-hybridized carbons (Fsp3) is 0.867. The van der Waals surface area contributed by atoms with E-state index in [-0.39, 0.29) is 17.0 Å². The highest BCUT2D eigenvalue weighted by Crippen LogP contribution is 2.39. The Hall–Kier alpha value is 0.320. The summed E-state index contributed by atoms with van der Waals surface area (Å²) in [7, 11) is 5.55. The molecule has 0 aromatic heterocycles. The van der Waals surface area contributed by atoms with Gasteiger partial charge < -0.3 is 14.2 Å². The second-order valence-electron chi connectivity index (χ2n) is 5.70. The van der Waals surface area contributed by atoms with E-state index in [0.717, 1.165) is 18.8 Å². The van der Waals surface area contributed by atoms with Crippen LogP contribution in [0.4, 0.5) is 0 Å². The molecule has 1 saturated heterocycles. The van der Waals surface area contributed by atoms with Gasteiger partial charge in [0.1, 0.15) is 12.2 Å². The fourth-order valence-corrected chi connectivity index (χ4v) is 4.57. The number of allylic oxidation sites excluding steroid dienone is 2. The van der Waals surface area contributed by atoms with Crippen molar-refractivity contribution in [2.24, 2.45) is 0 Å². The lowest BCUT2D eigenvalue weighted by Crippen LogP contribution is -2.29. The van der Waals surface area contributed by atoms with Gasteiger partial charge in [0.2, 0.25) is 0 Å². The average molecular weight is 321 g/mol. The molecule has 0 amide bonds. The van der Waals surface area contributed by atoms with Crippen molar-refractivity contribution in [2.75, 3.05) is 32.7 Å². The third-order valence-electron chi connectivity index (χ3n) is 3.26. The highest BCUT2D eigenvalue weighted by Gasteiger charge is 2.28. The lowest BCUT2D eigenvalue weighted by atomic mass is 10.0. The van der Waals surface area contributed by atoms with Crippen molar-refractivity contribution in [2.45, 2.75) is 51.1 Å². The van der Waals surface area contributed by atoms with E-state index in [2.05, 4.69) is 33.8 Å². The molecule has 1 fully saturated rings. The molecule has 0 aliphatic carbocycles. The molecule has 20 heavy (non-hydrogen) atoms. The quantitative estimate of drug-likeness (QED) is 0.364. The number of ether oxygens (including phenoxy) is 3. The zero-order valence-corrected chi connectivity index (χ0v) is 14.9. The summed E-state index contributed by atoms with van der Waals surface area (Å²) in [5, 5.41) is 0. The van der Waals surface area contributed by atoms with Gasteiger partial charge in [-0.25, -0.2) is 0 Å². The van der Waals surface area contributed by atoms with Crippen molar-refractivity contribution in [3.8, 4) is 0 Å². The Labute approximate surface area is 131 Å². The van der Waals surface area contributed by atoms with E-state index < -0.39 is 0 Å². The van der Waals surface area contributed by atoms with Gasteiger partial charge in [-0.2, -0.15) is 0 Å². The van der Waals surface area contributed by atoms with Crippen molar-refractivity contribution in [3.05, 3.63) is 11.6 Å². The first-order valence-corrected chi connectivity index (χ1v) is 9.45. The largest absolute Gasteiger partial charge is 0.376 e. The van der Waals surface area contributed by atoms with Gasteiger partial charge in [0.15, 0.2) is 0 Å². The molecule has 5 heteroatoms. The Morgan fingerprint density at radius 3 is 2.70 bits per heavy atom. The van der Waals surface area contributed by atoms with E-state index >= 15 is 0 Å². The van der Waals surface area contributed by atoms with Crippen LogP contribution < -0.4 is 0 Å². The average Bonchev–Trinajstić information content (AvgIpc) is 2.85. The standard InChI is InChI=1S/C15H28O3S2/c1-6-12(2)9-15(3,4)20-19-8-7-18-14-11-17-10-13(14)16-5/h6,13-14H,7-11H2,1-5H3/b12-6+. The first-order chi connectivity index (χ1) is 9.48. The van der Waals surface area contributed by atoms with Crippen LogP contribution in [-0.2, 0) is 14.2 Å². The van der Waals surface area contributed by atoms with Crippen molar-refractivity contribution >= 4 is 21.6 Å². The van der Waals surface area contributed by atoms with Gasteiger partial charge in [-0.1, -0.05) is 33.2 Å². The van der Waals surface area contributed by atoms with Gasteiger partial charge in [-0.3, -0.25) is 0 Å². The molecule has 118 valence electrons. The summed E-state index contributed by atoms with van der Waals surface area (Å²) in [5.41, 5.74) is 1.45. The Kier molecular flexibility index (Phi) is 8.60. The fourth-order valence-electron chi connectivity index (χ4n) is 2.13.